The van der Waals surface area contributed by atoms with Gasteiger partial charge in [-0.2, -0.15) is 0 Å². The van der Waals surface area contributed by atoms with Gasteiger partial charge in [-0.15, -0.1) is 23.1 Å². The minimum Gasteiger partial charge on any atom is -0.454 e. The highest BCUT2D eigenvalue weighted by atomic mass is 32.2. The molecular formula is C26H27NO4S2. The number of esters is 1. The number of thioether (sulfide) groups is 1. The average molecular weight is 482 g/mol. The van der Waals surface area contributed by atoms with E-state index in [0.29, 0.717) is 10.5 Å². The van der Waals surface area contributed by atoms with Crippen LogP contribution in [0.25, 0.3) is 0 Å². The maximum Gasteiger partial charge on any atom is 0.339 e. The summed E-state index contributed by atoms with van der Waals surface area (Å²) in [6.07, 6.45) is 0. The summed E-state index contributed by atoms with van der Waals surface area (Å²) >= 11 is 2.85. The lowest BCUT2D eigenvalue weighted by Gasteiger charge is -2.18. The fourth-order valence-electron chi connectivity index (χ4n) is 2.95. The molecule has 0 aliphatic carbocycles. The summed E-state index contributed by atoms with van der Waals surface area (Å²) in [7, 11) is 0. The number of hydrogen-bond acceptors (Lipinski definition) is 6. The van der Waals surface area contributed by atoms with Crippen molar-refractivity contribution in [3.8, 4) is 0 Å². The summed E-state index contributed by atoms with van der Waals surface area (Å²) in [5, 5.41) is 5.09. The maximum absolute atomic E-state index is 12.8. The first kappa shape index (κ1) is 24.7. The van der Waals surface area contributed by atoms with E-state index in [9.17, 15) is 14.4 Å². The van der Waals surface area contributed by atoms with E-state index in [-0.39, 0.29) is 30.1 Å². The largest absolute Gasteiger partial charge is 0.454 e. The van der Waals surface area contributed by atoms with Crippen molar-refractivity contribution in [1.82, 2.24) is 5.32 Å². The fourth-order valence-corrected chi connectivity index (χ4v) is 4.61. The second-order valence-electron chi connectivity index (χ2n) is 8.46. The number of carbonyl (C=O) groups is 3. The van der Waals surface area contributed by atoms with E-state index in [1.54, 1.807) is 56.4 Å². The second-order valence-corrected chi connectivity index (χ2v) is 10.5. The van der Waals surface area contributed by atoms with Crippen molar-refractivity contribution in [2.75, 3.05) is 12.4 Å². The van der Waals surface area contributed by atoms with E-state index in [0.717, 1.165) is 10.4 Å². The average Bonchev–Trinajstić information content (AvgIpc) is 3.34. The van der Waals surface area contributed by atoms with E-state index in [2.05, 4.69) is 5.32 Å². The number of benzene rings is 2. The summed E-state index contributed by atoms with van der Waals surface area (Å²) in [5.41, 5.74) is 0.769. The van der Waals surface area contributed by atoms with Gasteiger partial charge < -0.3 is 10.1 Å². The highest BCUT2D eigenvalue weighted by Crippen LogP contribution is 2.27. The summed E-state index contributed by atoms with van der Waals surface area (Å²) in [6, 6.07) is 20.5. The van der Waals surface area contributed by atoms with Gasteiger partial charge in [0.05, 0.1) is 17.4 Å². The first-order valence-corrected chi connectivity index (χ1v) is 12.4. The van der Waals surface area contributed by atoms with Crippen LogP contribution in [0.3, 0.4) is 0 Å². The van der Waals surface area contributed by atoms with E-state index in [1.807, 2.05) is 47.8 Å². The smallest absolute Gasteiger partial charge is 0.339 e. The quantitative estimate of drug-likeness (QED) is 0.322. The molecule has 5 nitrogen and oxygen atoms in total. The molecule has 172 valence electrons. The Morgan fingerprint density at radius 2 is 1.67 bits per heavy atom. The molecule has 0 saturated carbocycles. The van der Waals surface area contributed by atoms with E-state index >= 15 is 0 Å². The molecule has 3 rings (SSSR count). The van der Waals surface area contributed by atoms with Crippen LogP contribution in [0, 0.1) is 5.41 Å². The van der Waals surface area contributed by atoms with E-state index in [1.165, 1.54) is 11.8 Å². The Hall–Kier alpha value is -2.90. The Morgan fingerprint density at radius 3 is 2.33 bits per heavy atom. The minimum atomic E-state index is -0.579. The molecular weight excluding hydrogens is 454 g/mol. The van der Waals surface area contributed by atoms with Gasteiger partial charge in [0, 0.05) is 15.2 Å². The molecule has 0 radical (unpaired) electrons. The van der Waals surface area contributed by atoms with Crippen LogP contribution in [0.5, 0.6) is 0 Å². The standard InChI is InChI=1S/C26H27NO4S2/c1-26(2,3)22(28)16-31-25(30)19-12-7-8-13-20(19)33-17-23(29)27-24(21-14-9-15-32-21)18-10-5-4-6-11-18/h4-15,24H,16-17H2,1-3H3,(H,27,29)/t24-/m0/s1. The van der Waals surface area contributed by atoms with Crippen LogP contribution in [-0.4, -0.2) is 30.0 Å². The molecule has 0 aliphatic rings. The molecule has 1 atom stereocenters. The van der Waals surface area contributed by atoms with Crippen molar-refractivity contribution in [3.63, 3.8) is 0 Å². The van der Waals surface area contributed by atoms with Crippen molar-refractivity contribution in [2.24, 2.45) is 5.41 Å². The zero-order chi connectivity index (χ0) is 23.8. The molecule has 0 fully saturated rings. The molecule has 7 heteroatoms. The van der Waals surface area contributed by atoms with Crippen LogP contribution < -0.4 is 5.32 Å². The maximum atomic E-state index is 12.8. The third-order valence-electron chi connectivity index (χ3n) is 4.90. The second kappa shape index (κ2) is 11.3. The molecule has 1 amide bonds. The van der Waals surface area contributed by atoms with Gasteiger partial charge >= 0.3 is 5.97 Å². The van der Waals surface area contributed by atoms with Crippen molar-refractivity contribution < 1.29 is 19.1 Å². The molecule has 33 heavy (non-hydrogen) atoms. The third kappa shape index (κ3) is 7.04. The van der Waals surface area contributed by atoms with Crippen LogP contribution in [0.15, 0.2) is 77.0 Å². The molecule has 0 aliphatic heterocycles. The van der Waals surface area contributed by atoms with Crippen molar-refractivity contribution in [3.05, 3.63) is 88.1 Å². The zero-order valence-corrected chi connectivity index (χ0v) is 20.5. The van der Waals surface area contributed by atoms with Crippen LogP contribution in [0.2, 0.25) is 0 Å². The number of nitrogens with one attached hydrogen (secondary N) is 1. The lowest BCUT2D eigenvalue weighted by atomic mass is 9.91. The van der Waals surface area contributed by atoms with Gasteiger partial charge in [-0.25, -0.2) is 4.79 Å². The third-order valence-corrected chi connectivity index (χ3v) is 6.91. The Kier molecular flexibility index (Phi) is 8.47. The number of carbonyl (C=O) groups excluding carboxylic acids is 3. The summed E-state index contributed by atoms with van der Waals surface area (Å²) < 4.78 is 5.23. The summed E-state index contributed by atoms with van der Waals surface area (Å²) in [4.78, 5) is 39.2. The molecule has 2 aromatic carbocycles. The predicted octanol–water partition coefficient (Wildman–Crippen LogP) is 5.52. The number of ether oxygens (including phenoxy) is 1. The number of hydrogen-bond donors (Lipinski definition) is 1. The first-order chi connectivity index (χ1) is 15.8. The van der Waals surface area contributed by atoms with Crippen LogP contribution in [-0.2, 0) is 14.3 Å². The monoisotopic (exact) mass is 481 g/mol. The SMILES string of the molecule is CC(C)(C)C(=O)COC(=O)c1ccccc1SCC(=O)N[C@@H](c1ccccc1)c1cccs1. The Labute approximate surface area is 202 Å². The molecule has 1 N–H and O–H groups in total. The Morgan fingerprint density at radius 1 is 0.970 bits per heavy atom. The number of rotatable bonds is 9. The first-order valence-electron chi connectivity index (χ1n) is 10.6. The van der Waals surface area contributed by atoms with Crippen molar-refractivity contribution in [2.45, 2.75) is 31.7 Å². The summed E-state index contributed by atoms with van der Waals surface area (Å²) in [6.45, 7) is 5.07. The predicted molar refractivity (Wildman–Crippen MR) is 133 cm³/mol. The van der Waals surface area contributed by atoms with Crippen LogP contribution in [0.4, 0.5) is 0 Å². The normalized spacial score (nSPS) is 12.1. The lowest BCUT2D eigenvalue weighted by molar-refractivity contribution is -0.129. The van der Waals surface area contributed by atoms with Gasteiger partial charge in [-0.1, -0.05) is 69.3 Å². The molecule has 1 heterocycles. The molecule has 3 aromatic rings. The number of amides is 1. The van der Waals surface area contributed by atoms with E-state index < -0.39 is 11.4 Å². The van der Waals surface area contributed by atoms with Gasteiger partial charge in [0.2, 0.25) is 5.91 Å². The van der Waals surface area contributed by atoms with Crippen LogP contribution >= 0.6 is 23.1 Å². The van der Waals surface area contributed by atoms with Gasteiger partial charge in [-0.05, 0) is 29.1 Å². The number of thiophene rings is 1. The Balaban J connectivity index is 1.64. The molecule has 0 spiro atoms. The molecule has 0 unspecified atom stereocenters. The van der Waals surface area contributed by atoms with E-state index in [4.69, 9.17) is 4.74 Å². The van der Waals surface area contributed by atoms with Crippen molar-refractivity contribution >= 4 is 40.8 Å². The molecule has 1 aromatic heterocycles. The van der Waals surface area contributed by atoms with Gasteiger partial charge in [0.15, 0.2) is 12.4 Å². The number of ketones is 1. The molecule has 0 bridgehead atoms. The van der Waals surface area contributed by atoms with Gasteiger partial charge in [0.1, 0.15) is 0 Å². The lowest BCUT2D eigenvalue weighted by Crippen LogP contribution is -2.30. The number of Topliss-reactive ketones (excluding diaryl/α,β-unsaturated/α-hetero) is 1. The van der Waals surface area contributed by atoms with Gasteiger partial charge in [-0.3, -0.25) is 9.59 Å². The summed E-state index contributed by atoms with van der Waals surface area (Å²) in [5.74, 6) is -0.731. The minimum absolute atomic E-state index is 0.139. The van der Waals surface area contributed by atoms with Crippen LogP contribution in [0.1, 0.15) is 47.6 Å². The van der Waals surface area contributed by atoms with Crippen molar-refractivity contribution in [1.29, 1.82) is 0 Å². The zero-order valence-electron chi connectivity index (χ0n) is 18.9. The Bertz CT molecular complexity index is 1090. The molecule has 0 saturated heterocycles. The highest BCUT2D eigenvalue weighted by Gasteiger charge is 2.24. The fraction of sp³-hybridized carbons (Fsp3) is 0.269. The topological polar surface area (TPSA) is 72.5 Å². The van der Waals surface area contributed by atoms with Gasteiger partial charge in [0.25, 0.3) is 0 Å². The highest BCUT2D eigenvalue weighted by molar-refractivity contribution is 8.00.